The monoisotopic (exact) mass is 406 g/mol. The minimum Gasteiger partial charge on any atom is -0.402 e. The first kappa shape index (κ1) is 19.1. The van der Waals surface area contributed by atoms with E-state index in [0.29, 0.717) is 5.96 Å². The largest absolute Gasteiger partial charge is 0.631 e. The summed E-state index contributed by atoms with van der Waals surface area (Å²) in [5.74, 6) is 0.385. The first-order chi connectivity index (χ1) is 10.0. The van der Waals surface area contributed by atoms with Gasteiger partial charge in [-0.05, 0) is 0 Å². The topological polar surface area (TPSA) is 125 Å². The molecule has 0 unspecified atom stereocenters. The number of hydrogen-bond donors (Lipinski definition) is 5. The number of nitrogens with zero attached hydrogens (tertiary/aromatic N) is 1. The van der Waals surface area contributed by atoms with Crippen molar-refractivity contribution in [2.45, 2.75) is 72.1 Å². The zero-order valence-corrected chi connectivity index (χ0v) is 15.6. The van der Waals surface area contributed by atoms with Crippen molar-refractivity contribution in [1.29, 1.82) is 0 Å². The van der Waals surface area contributed by atoms with Crippen LogP contribution in [0, 0.1) is 0 Å². The van der Waals surface area contributed by atoms with Gasteiger partial charge in [0.15, 0.2) is 0 Å². The van der Waals surface area contributed by atoms with Gasteiger partial charge in [0.2, 0.25) is 0 Å². The molecular weight excluding hydrogens is 376 g/mol. The molecule has 0 heterocycles. The molecule has 0 aliphatic heterocycles. The SMILES string of the molecule is NC(N)=[N][Sn]([CH]1CCCCC1)[CH]1CCCCC1.OB(O)O. The molecule has 0 amide bonds. The summed E-state index contributed by atoms with van der Waals surface area (Å²) in [6.45, 7) is 0. The van der Waals surface area contributed by atoms with Crippen LogP contribution in [0.15, 0.2) is 3.21 Å². The zero-order chi connectivity index (χ0) is 15.7. The molecule has 2 aliphatic rings. The molecule has 0 atom stereocenters. The average Bonchev–Trinajstić information content (AvgIpc) is 2.46. The van der Waals surface area contributed by atoms with E-state index in [1.807, 2.05) is 0 Å². The van der Waals surface area contributed by atoms with Crippen LogP contribution < -0.4 is 11.5 Å². The second-order valence-electron chi connectivity index (χ2n) is 5.98. The average molecular weight is 405 g/mol. The van der Waals surface area contributed by atoms with Gasteiger partial charge < -0.3 is 15.1 Å². The molecule has 21 heavy (non-hydrogen) atoms. The van der Waals surface area contributed by atoms with Gasteiger partial charge in [0.1, 0.15) is 0 Å². The molecule has 8 heteroatoms. The summed E-state index contributed by atoms with van der Waals surface area (Å²) in [4.78, 5) is 0. The Labute approximate surface area is 135 Å². The van der Waals surface area contributed by atoms with Gasteiger partial charge in [-0.1, -0.05) is 0 Å². The maximum atomic E-state index is 7.17. The summed E-state index contributed by atoms with van der Waals surface area (Å²) >= 11 is -1.75. The fourth-order valence-corrected chi connectivity index (χ4v) is 13.0. The molecule has 2 aliphatic carbocycles. The Morgan fingerprint density at radius 3 is 1.43 bits per heavy atom. The molecule has 2 fully saturated rings. The standard InChI is InChI=1S/2C6H11.CH4N3.BH3O3.Sn/c2*1-2-4-6-5-3-1;2*2-1(3)4;/h2*1H,2-6H2;(H4-,2,3,4);2-4H;/q;;-1;;+1. The van der Waals surface area contributed by atoms with Crippen molar-refractivity contribution in [3.63, 3.8) is 0 Å². The Balaban J connectivity index is 0.000000491. The third-order valence-electron chi connectivity index (χ3n) is 4.31. The van der Waals surface area contributed by atoms with Gasteiger partial charge in [-0.2, -0.15) is 0 Å². The van der Waals surface area contributed by atoms with Gasteiger partial charge in [-0.15, -0.1) is 0 Å². The van der Waals surface area contributed by atoms with Crippen LogP contribution in [-0.4, -0.2) is 48.4 Å². The summed E-state index contributed by atoms with van der Waals surface area (Å²) < 4.78 is 6.68. The van der Waals surface area contributed by atoms with Crippen molar-refractivity contribution in [1.82, 2.24) is 0 Å². The van der Waals surface area contributed by atoms with E-state index in [9.17, 15) is 0 Å². The van der Waals surface area contributed by atoms with Gasteiger partial charge in [-0.25, -0.2) is 0 Å². The minimum absolute atomic E-state index is 0.385. The molecular formula is C13H29BN3O3Sn. The molecule has 6 nitrogen and oxygen atoms in total. The van der Waals surface area contributed by atoms with Crippen LogP contribution in [0.25, 0.3) is 0 Å². The van der Waals surface area contributed by atoms with E-state index in [0.717, 1.165) is 7.87 Å². The maximum absolute atomic E-state index is 7.17. The van der Waals surface area contributed by atoms with Crippen LogP contribution in [-0.2, 0) is 0 Å². The molecule has 121 valence electrons. The Morgan fingerprint density at radius 2 is 1.14 bits per heavy atom. The van der Waals surface area contributed by atoms with E-state index in [4.69, 9.17) is 29.8 Å². The van der Waals surface area contributed by atoms with Crippen molar-refractivity contribution in [3.8, 4) is 0 Å². The smallest absolute Gasteiger partial charge is 0.402 e. The Hall–Kier alpha value is 0.0136. The summed E-state index contributed by atoms with van der Waals surface area (Å²) in [5.41, 5.74) is 11.4. The summed E-state index contributed by atoms with van der Waals surface area (Å²) in [7, 11) is -2.17. The van der Waals surface area contributed by atoms with E-state index in [2.05, 4.69) is 0 Å². The van der Waals surface area contributed by atoms with Crippen molar-refractivity contribution in [3.05, 3.63) is 0 Å². The number of guanidine groups is 1. The molecule has 0 saturated heterocycles. The summed E-state index contributed by atoms with van der Waals surface area (Å²) in [6, 6.07) is 0. The van der Waals surface area contributed by atoms with E-state index in [1.54, 1.807) is 0 Å². The normalized spacial score (nSPS) is 20.6. The van der Waals surface area contributed by atoms with Crippen molar-refractivity contribution < 1.29 is 15.1 Å². The van der Waals surface area contributed by atoms with Gasteiger partial charge in [0, 0.05) is 0 Å². The number of rotatable bonds is 3. The Morgan fingerprint density at radius 1 is 0.810 bits per heavy atom. The Bertz CT molecular complexity index is 284. The van der Waals surface area contributed by atoms with Crippen LogP contribution in [0.3, 0.4) is 0 Å². The molecule has 0 aromatic rings. The summed E-state index contributed by atoms with van der Waals surface area (Å²) in [6.07, 6.45) is 14.2. The first-order valence-electron chi connectivity index (χ1n) is 8.01. The fraction of sp³-hybridized carbons (Fsp3) is 0.923. The quantitative estimate of drug-likeness (QED) is 0.271. The van der Waals surface area contributed by atoms with Crippen molar-refractivity contribution in [2.75, 3.05) is 0 Å². The van der Waals surface area contributed by atoms with E-state index < -0.39 is 27.4 Å². The fourth-order valence-electron chi connectivity index (χ4n) is 3.46. The van der Waals surface area contributed by atoms with Crippen molar-refractivity contribution >= 4 is 33.3 Å². The number of nitrogens with two attached hydrogens (primary N) is 2. The molecule has 0 bridgehead atoms. The van der Waals surface area contributed by atoms with E-state index >= 15 is 0 Å². The second-order valence-corrected chi connectivity index (χ2v) is 13.7. The van der Waals surface area contributed by atoms with Gasteiger partial charge in [0.05, 0.1) is 0 Å². The third kappa shape index (κ3) is 8.28. The van der Waals surface area contributed by atoms with Crippen LogP contribution in [0.1, 0.15) is 64.2 Å². The second kappa shape index (κ2) is 10.7. The molecule has 2 rings (SSSR count). The molecule has 1 radical (unpaired) electrons. The molecule has 7 N–H and O–H groups in total. The molecule has 2 saturated carbocycles. The molecule has 0 spiro atoms. The predicted molar refractivity (Wildman–Crippen MR) is 87.6 cm³/mol. The predicted octanol–water partition coefficient (Wildman–Crippen LogP) is 0.868. The number of hydrogen-bond acceptors (Lipinski definition) is 4. The van der Waals surface area contributed by atoms with Gasteiger partial charge in [-0.3, -0.25) is 0 Å². The Kier molecular flexibility index (Phi) is 9.70. The van der Waals surface area contributed by atoms with Gasteiger partial charge in [0.25, 0.3) is 0 Å². The van der Waals surface area contributed by atoms with E-state index in [1.165, 1.54) is 64.2 Å². The van der Waals surface area contributed by atoms with E-state index in [-0.39, 0.29) is 0 Å². The minimum atomic E-state index is -2.17. The zero-order valence-electron chi connectivity index (χ0n) is 12.7. The van der Waals surface area contributed by atoms with Crippen LogP contribution in [0.5, 0.6) is 0 Å². The summed E-state index contributed by atoms with van der Waals surface area (Å²) in [5, 5.41) is 21.5. The third-order valence-corrected chi connectivity index (χ3v) is 13.8. The van der Waals surface area contributed by atoms with Gasteiger partial charge >= 0.3 is 120 Å². The van der Waals surface area contributed by atoms with Crippen LogP contribution in [0.4, 0.5) is 0 Å². The van der Waals surface area contributed by atoms with Crippen LogP contribution in [0.2, 0.25) is 7.87 Å². The van der Waals surface area contributed by atoms with Crippen molar-refractivity contribution in [2.24, 2.45) is 14.7 Å². The van der Waals surface area contributed by atoms with Crippen LogP contribution >= 0.6 is 0 Å². The molecule has 0 aromatic heterocycles. The maximum Gasteiger partial charge on any atom is 0.631 e. The molecule has 0 aromatic carbocycles. The first-order valence-corrected chi connectivity index (χ1v) is 12.6.